The number of hydrogen-bond donors (Lipinski definition) is 1. The van der Waals surface area contributed by atoms with Crippen LogP contribution in [0, 0.1) is 13.8 Å². The van der Waals surface area contributed by atoms with Crippen molar-refractivity contribution >= 4 is 5.91 Å². The molecule has 156 valence electrons. The molecular weight excluding hydrogens is 366 g/mol. The molecule has 2 aromatic carbocycles. The first-order valence-electron chi connectivity index (χ1n) is 10.1. The van der Waals surface area contributed by atoms with Gasteiger partial charge in [-0.25, -0.2) is 0 Å². The fourth-order valence-electron chi connectivity index (χ4n) is 3.66. The Balaban J connectivity index is 1.80. The lowest BCUT2D eigenvalue weighted by Crippen LogP contribution is -2.45. The van der Waals surface area contributed by atoms with Gasteiger partial charge < -0.3 is 19.5 Å². The molecule has 0 fully saturated rings. The molecule has 1 N–H and O–H groups in total. The van der Waals surface area contributed by atoms with Crippen LogP contribution in [0.2, 0.25) is 0 Å². The molecule has 0 aromatic heterocycles. The third-order valence-corrected chi connectivity index (χ3v) is 5.27. The van der Waals surface area contributed by atoms with Crippen LogP contribution in [0.15, 0.2) is 36.4 Å². The third kappa shape index (κ3) is 4.84. The van der Waals surface area contributed by atoms with Crippen LogP contribution < -0.4 is 19.5 Å². The second-order valence-electron chi connectivity index (χ2n) is 8.31. The first kappa shape index (κ1) is 21.0. The molecule has 0 unspecified atom stereocenters. The van der Waals surface area contributed by atoms with Crippen molar-refractivity contribution in [2.45, 2.75) is 65.2 Å². The highest BCUT2D eigenvalue weighted by Gasteiger charge is 2.36. The Labute approximate surface area is 173 Å². The standard InChI is InChI=1S/C24H31NO4/c1-7-20(28-21-12-15(2)8-9-16(21)3)23(26)25-19-14-24(4,5)29-22-13-17(27-6)10-11-18(19)22/h8-13,19-20H,7,14H2,1-6H3,(H,25,26)/t19-,20-/m1/s1. The van der Waals surface area contributed by atoms with E-state index < -0.39 is 11.7 Å². The Morgan fingerprint density at radius 1 is 1.24 bits per heavy atom. The van der Waals surface area contributed by atoms with Gasteiger partial charge in [-0.15, -0.1) is 0 Å². The highest BCUT2D eigenvalue weighted by atomic mass is 16.5. The summed E-state index contributed by atoms with van der Waals surface area (Å²) in [5.74, 6) is 2.12. The van der Waals surface area contributed by atoms with Gasteiger partial charge in [-0.3, -0.25) is 4.79 Å². The molecule has 5 heteroatoms. The Kier molecular flexibility index (Phi) is 6.06. The van der Waals surface area contributed by atoms with Crippen LogP contribution in [-0.4, -0.2) is 24.7 Å². The molecule has 0 bridgehead atoms. The maximum Gasteiger partial charge on any atom is 0.261 e. The van der Waals surface area contributed by atoms with Gasteiger partial charge in [0.25, 0.3) is 5.91 Å². The summed E-state index contributed by atoms with van der Waals surface area (Å²) in [6.07, 6.45) is 0.711. The van der Waals surface area contributed by atoms with Crippen molar-refractivity contribution in [1.29, 1.82) is 0 Å². The Hall–Kier alpha value is -2.69. The van der Waals surface area contributed by atoms with E-state index in [4.69, 9.17) is 14.2 Å². The van der Waals surface area contributed by atoms with E-state index in [0.717, 1.165) is 33.9 Å². The summed E-state index contributed by atoms with van der Waals surface area (Å²) in [6, 6.07) is 11.6. The van der Waals surface area contributed by atoms with E-state index in [-0.39, 0.29) is 11.9 Å². The topological polar surface area (TPSA) is 56.8 Å². The second kappa shape index (κ2) is 8.36. The number of amides is 1. The maximum absolute atomic E-state index is 13.1. The highest BCUT2D eigenvalue weighted by molar-refractivity contribution is 5.81. The molecule has 3 rings (SSSR count). The van der Waals surface area contributed by atoms with E-state index in [1.807, 2.05) is 71.0 Å². The lowest BCUT2D eigenvalue weighted by atomic mass is 9.89. The van der Waals surface area contributed by atoms with Crippen LogP contribution in [0.25, 0.3) is 0 Å². The van der Waals surface area contributed by atoms with E-state index >= 15 is 0 Å². The molecule has 29 heavy (non-hydrogen) atoms. The molecule has 1 heterocycles. The van der Waals surface area contributed by atoms with Gasteiger partial charge in [-0.2, -0.15) is 0 Å². The summed E-state index contributed by atoms with van der Waals surface area (Å²) in [5.41, 5.74) is 2.69. The number of carbonyl (C=O) groups excluding carboxylic acids is 1. The predicted molar refractivity (Wildman–Crippen MR) is 114 cm³/mol. The third-order valence-electron chi connectivity index (χ3n) is 5.27. The first-order valence-corrected chi connectivity index (χ1v) is 10.1. The normalized spacial score (nSPS) is 18.2. The quantitative estimate of drug-likeness (QED) is 0.754. The van der Waals surface area contributed by atoms with Gasteiger partial charge in [0.2, 0.25) is 0 Å². The molecule has 1 aliphatic rings. The Morgan fingerprint density at radius 2 is 2.00 bits per heavy atom. The van der Waals surface area contributed by atoms with E-state index in [1.165, 1.54) is 0 Å². The van der Waals surface area contributed by atoms with Gasteiger partial charge in [0.05, 0.1) is 13.2 Å². The molecule has 1 aliphatic heterocycles. The van der Waals surface area contributed by atoms with E-state index in [1.54, 1.807) is 7.11 Å². The van der Waals surface area contributed by atoms with Crippen molar-refractivity contribution in [2.75, 3.05) is 7.11 Å². The summed E-state index contributed by atoms with van der Waals surface area (Å²) >= 11 is 0. The summed E-state index contributed by atoms with van der Waals surface area (Å²) in [6.45, 7) is 10.0. The van der Waals surface area contributed by atoms with Gasteiger partial charge >= 0.3 is 0 Å². The van der Waals surface area contributed by atoms with Gasteiger partial charge in [0.1, 0.15) is 22.8 Å². The number of methoxy groups -OCH3 is 1. The molecule has 0 saturated heterocycles. The Bertz CT molecular complexity index is 890. The number of ether oxygens (including phenoxy) is 3. The van der Waals surface area contributed by atoms with E-state index in [2.05, 4.69) is 5.32 Å². The van der Waals surface area contributed by atoms with Crippen molar-refractivity contribution in [3.63, 3.8) is 0 Å². The molecule has 0 aliphatic carbocycles. The molecule has 0 radical (unpaired) electrons. The number of aryl methyl sites for hydroxylation is 2. The molecule has 0 spiro atoms. The highest BCUT2D eigenvalue weighted by Crippen LogP contribution is 2.41. The van der Waals surface area contributed by atoms with Crippen molar-refractivity contribution in [2.24, 2.45) is 0 Å². The lowest BCUT2D eigenvalue weighted by molar-refractivity contribution is -0.129. The zero-order chi connectivity index (χ0) is 21.2. The first-order chi connectivity index (χ1) is 13.7. The minimum Gasteiger partial charge on any atom is -0.497 e. The van der Waals surface area contributed by atoms with Crippen molar-refractivity contribution in [3.05, 3.63) is 53.1 Å². The second-order valence-corrected chi connectivity index (χ2v) is 8.31. The smallest absolute Gasteiger partial charge is 0.261 e. The van der Waals surface area contributed by atoms with Gasteiger partial charge in [0, 0.05) is 18.1 Å². The summed E-state index contributed by atoms with van der Waals surface area (Å²) in [7, 11) is 1.63. The fourth-order valence-corrected chi connectivity index (χ4v) is 3.66. The average molecular weight is 398 g/mol. The molecule has 0 saturated carbocycles. The van der Waals surface area contributed by atoms with Crippen LogP contribution in [0.1, 0.15) is 56.3 Å². The zero-order valence-electron chi connectivity index (χ0n) is 18.2. The van der Waals surface area contributed by atoms with Gasteiger partial charge in [-0.05, 0) is 63.4 Å². The largest absolute Gasteiger partial charge is 0.497 e. The molecular formula is C24H31NO4. The maximum atomic E-state index is 13.1. The number of hydrogen-bond acceptors (Lipinski definition) is 4. The number of rotatable bonds is 6. The zero-order valence-corrected chi connectivity index (χ0v) is 18.2. The Morgan fingerprint density at radius 3 is 2.69 bits per heavy atom. The molecule has 1 amide bonds. The molecule has 2 aromatic rings. The SMILES string of the molecule is CC[C@@H](Oc1cc(C)ccc1C)C(=O)N[C@@H]1CC(C)(C)Oc2cc(OC)ccc21. The van der Waals surface area contributed by atoms with Crippen molar-refractivity contribution in [3.8, 4) is 17.2 Å². The van der Waals surface area contributed by atoms with Gasteiger partial charge in [-0.1, -0.05) is 19.1 Å². The predicted octanol–water partition coefficient (Wildman–Crippen LogP) is 4.89. The number of fused-ring (bicyclic) bond motifs is 1. The summed E-state index contributed by atoms with van der Waals surface area (Å²) in [4.78, 5) is 13.1. The summed E-state index contributed by atoms with van der Waals surface area (Å²) in [5, 5.41) is 3.19. The fraction of sp³-hybridized carbons (Fsp3) is 0.458. The molecule has 2 atom stereocenters. The average Bonchev–Trinajstić information content (AvgIpc) is 2.67. The minimum absolute atomic E-state index is 0.113. The minimum atomic E-state index is -0.553. The van der Waals surface area contributed by atoms with Crippen molar-refractivity contribution < 1.29 is 19.0 Å². The van der Waals surface area contributed by atoms with Crippen LogP contribution in [0.3, 0.4) is 0 Å². The van der Waals surface area contributed by atoms with Crippen LogP contribution in [0.5, 0.6) is 17.2 Å². The number of carbonyl (C=O) groups is 1. The lowest BCUT2D eigenvalue weighted by Gasteiger charge is -2.38. The monoisotopic (exact) mass is 397 g/mol. The number of nitrogens with one attached hydrogen (secondary N) is 1. The van der Waals surface area contributed by atoms with Crippen LogP contribution in [0.4, 0.5) is 0 Å². The van der Waals surface area contributed by atoms with Crippen LogP contribution in [-0.2, 0) is 4.79 Å². The van der Waals surface area contributed by atoms with Crippen LogP contribution >= 0.6 is 0 Å². The van der Waals surface area contributed by atoms with Crippen molar-refractivity contribution in [1.82, 2.24) is 5.32 Å². The van der Waals surface area contributed by atoms with E-state index in [0.29, 0.717) is 12.8 Å². The number of benzene rings is 2. The molecule has 5 nitrogen and oxygen atoms in total. The van der Waals surface area contributed by atoms with Gasteiger partial charge in [0.15, 0.2) is 6.10 Å². The summed E-state index contributed by atoms with van der Waals surface area (Å²) < 4.78 is 17.5. The van der Waals surface area contributed by atoms with E-state index in [9.17, 15) is 4.79 Å².